The molecule has 0 aromatic heterocycles. The van der Waals surface area contributed by atoms with Crippen LogP contribution in [0.5, 0.6) is 0 Å². The van der Waals surface area contributed by atoms with Crippen molar-refractivity contribution in [2.75, 3.05) is 33.4 Å². The van der Waals surface area contributed by atoms with E-state index >= 15 is 0 Å². The van der Waals surface area contributed by atoms with Crippen molar-refractivity contribution in [2.24, 2.45) is 11.1 Å². The van der Waals surface area contributed by atoms with Crippen LogP contribution in [0.1, 0.15) is 59.8 Å². The Bertz CT molecular complexity index is 743. The highest BCUT2D eigenvalue weighted by atomic mass is 32.2. The van der Waals surface area contributed by atoms with Crippen molar-refractivity contribution < 1.29 is 27.8 Å². The molecule has 2 amide bonds. The van der Waals surface area contributed by atoms with E-state index in [1.54, 1.807) is 13.8 Å². The fourth-order valence-corrected chi connectivity index (χ4v) is 4.39. The van der Waals surface area contributed by atoms with Crippen molar-refractivity contribution in [1.82, 2.24) is 14.5 Å². The van der Waals surface area contributed by atoms with Gasteiger partial charge in [0.15, 0.2) is 6.29 Å². The summed E-state index contributed by atoms with van der Waals surface area (Å²) < 4.78 is 33.3. The first-order valence-corrected chi connectivity index (χ1v) is 12.6. The molecule has 0 radical (unpaired) electrons. The van der Waals surface area contributed by atoms with Gasteiger partial charge in [0.05, 0.1) is 12.1 Å². The minimum Gasteiger partial charge on any atom is -0.401 e. The summed E-state index contributed by atoms with van der Waals surface area (Å²) in [6.45, 7) is 9.18. The van der Waals surface area contributed by atoms with Crippen LogP contribution in [-0.4, -0.2) is 81.0 Å². The quantitative estimate of drug-likeness (QED) is 0.327. The first-order valence-electron chi connectivity index (χ1n) is 11.5. The van der Waals surface area contributed by atoms with E-state index in [-0.39, 0.29) is 12.3 Å². The van der Waals surface area contributed by atoms with Crippen molar-refractivity contribution in [3.8, 4) is 0 Å². The number of amides is 2. The number of imide groups is 1. The lowest BCUT2D eigenvalue weighted by atomic mass is 9.90. The topological polar surface area (TPSA) is 134 Å². The lowest BCUT2D eigenvalue weighted by Gasteiger charge is -2.42. The molecule has 190 valence electrons. The maximum Gasteiger partial charge on any atom is 0.252 e. The highest BCUT2D eigenvalue weighted by Gasteiger charge is 2.38. The van der Waals surface area contributed by atoms with E-state index in [9.17, 15) is 18.4 Å². The molecule has 11 heteroatoms. The van der Waals surface area contributed by atoms with Gasteiger partial charge in [-0.05, 0) is 53.0 Å². The van der Waals surface area contributed by atoms with E-state index in [1.165, 1.54) is 10.4 Å². The number of nitrogens with zero attached hydrogens (tertiary/aromatic N) is 2. The predicted molar refractivity (Wildman–Crippen MR) is 126 cm³/mol. The highest BCUT2D eigenvalue weighted by Crippen LogP contribution is 2.26. The van der Waals surface area contributed by atoms with E-state index in [1.807, 2.05) is 25.8 Å². The maximum absolute atomic E-state index is 12.9. The maximum atomic E-state index is 12.9. The van der Waals surface area contributed by atoms with Crippen molar-refractivity contribution in [3.05, 3.63) is 11.8 Å². The summed E-state index contributed by atoms with van der Waals surface area (Å²) >= 11 is -1.98. The van der Waals surface area contributed by atoms with E-state index in [0.717, 1.165) is 19.3 Å². The van der Waals surface area contributed by atoms with Gasteiger partial charge in [0.2, 0.25) is 17.2 Å². The van der Waals surface area contributed by atoms with Gasteiger partial charge in [0.1, 0.15) is 0 Å². The van der Waals surface area contributed by atoms with Crippen LogP contribution in [0.25, 0.3) is 0 Å². The normalized spacial score (nSPS) is 22.9. The monoisotopic (exact) mass is 488 g/mol. The molecule has 2 saturated heterocycles. The van der Waals surface area contributed by atoms with Gasteiger partial charge < -0.3 is 15.2 Å². The Balaban J connectivity index is 1.90. The summed E-state index contributed by atoms with van der Waals surface area (Å²) in [6, 6.07) is 0.0550. The highest BCUT2D eigenvalue weighted by molar-refractivity contribution is 7.76. The summed E-state index contributed by atoms with van der Waals surface area (Å²) in [6.07, 6.45) is 5.24. The summed E-state index contributed by atoms with van der Waals surface area (Å²) in [5.41, 5.74) is 4.93. The summed E-state index contributed by atoms with van der Waals surface area (Å²) in [4.78, 5) is 27.4. The number of carbonyl (C=O) groups is 2. The Morgan fingerprint density at radius 1 is 1.24 bits per heavy atom. The van der Waals surface area contributed by atoms with Gasteiger partial charge in [0, 0.05) is 42.9 Å². The molecule has 0 aromatic rings. The Morgan fingerprint density at radius 3 is 2.42 bits per heavy atom. The van der Waals surface area contributed by atoms with Gasteiger partial charge in [-0.25, -0.2) is 8.51 Å². The third kappa shape index (κ3) is 7.83. The largest absolute Gasteiger partial charge is 0.401 e. The molecule has 2 fully saturated rings. The average molecular weight is 489 g/mol. The van der Waals surface area contributed by atoms with E-state index in [0.29, 0.717) is 44.8 Å². The average Bonchev–Trinajstić information content (AvgIpc) is 2.77. The Morgan fingerprint density at radius 2 is 1.88 bits per heavy atom. The van der Waals surface area contributed by atoms with Crippen molar-refractivity contribution in [3.63, 3.8) is 0 Å². The lowest BCUT2D eigenvalue weighted by molar-refractivity contribution is -0.173. The van der Waals surface area contributed by atoms with Crippen LogP contribution in [0.3, 0.4) is 0 Å². The zero-order valence-corrected chi connectivity index (χ0v) is 21.3. The van der Waals surface area contributed by atoms with E-state index in [2.05, 4.69) is 5.32 Å². The Labute approximate surface area is 199 Å². The molecular formula is C22H40N4O6S. The molecule has 2 atom stereocenters. The molecule has 0 aromatic carbocycles. The zero-order chi connectivity index (χ0) is 24.8. The summed E-state index contributed by atoms with van der Waals surface area (Å²) in [5, 5.41) is 2.44. The molecule has 2 aliphatic heterocycles. The van der Waals surface area contributed by atoms with Crippen LogP contribution in [0.15, 0.2) is 11.8 Å². The van der Waals surface area contributed by atoms with Gasteiger partial charge >= 0.3 is 0 Å². The van der Waals surface area contributed by atoms with E-state index < -0.39 is 34.0 Å². The number of nitrogens with one attached hydrogen (secondary N) is 1. The first-order chi connectivity index (χ1) is 15.3. The molecule has 2 rings (SSSR count). The van der Waals surface area contributed by atoms with Crippen LogP contribution < -0.4 is 11.1 Å². The van der Waals surface area contributed by atoms with Crippen molar-refractivity contribution in [1.29, 1.82) is 0 Å². The Hall–Kier alpha value is -1.37. The van der Waals surface area contributed by atoms with Gasteiger partial charge in [0.25, 0.3) is 5.91 Å². The molecule has 0 spiro atoms. The number of nitrogens with two attached hydrogens (primary N) is 1. The summed E-state index contributed by atoms with van der Waals surface area (Å²) in [5.74, 6) is -1.01. The fourth-order valence-electron chi connectivity index (χ4n) is 3.87. The standard InChI is InChI=1S/C22H40N4O6S/c1-21(2,15-32-19-8-6-7-13-31-19)17(23)14-18(27)24-20(28)22(3,4)25(5)16-9-11-26(12-10-16)33(29)30/h14,16,19H,6-13,15,23H2,1-5H3,(H,29,30)(H,24,27,28). The SMILES string of the molecule is CN(C1CCN(S(=O)O)CC1)C(C)(C)C(=O)NC(=O)C=C(N)C(C)(C)COC1CCCCO1. The third-order valence-corrected chi connectivity index (χ3v) is 7.51. The van der Waals surface area contributed by atoms with Crippen LogP contribution >= 0.6 is 0 Å². The van der Waals surface area contributed by atoms with Gasteiger partial charge in [-0.3, -0.25) is 24.4 Å². The number of piperidine rings is 1. The van der Waals surface area contributed by atoms with Crippen LogP contribution in [0.4, 0.5) is 0 Å². The second kappa shape index (κ2) is 11.9. The second-order valence-corrected chi connectivity index (χ2v) is 10.9. The van der Waals surface area contributed by atoms with Crippen LogP contribution in [0.2, 0.25) is 0 Å². The van der Waals surface area contributed by atoms with Crippen LogP contribution in [-0.2, 0) is 30.3 Å². The minimum atomic E-state index is -1.98. The first kappa shape index (κ1) is 27.9. The molecule has 4 N–H and O–H groups in total. The molecule has 0 saturated carbocycles. The molecule has 0 aliphatic carbocycles. The number of ether oxygens (including phenoxy) is 2. The molecular weight excluding hydrogens is 448 g/mol. The molecule has 2 aliphatic rings. The molecule has 33 heavy (non-hydrogen) atoms. The number of rotatable bonds is 9. The zero-order valence-electron chi connectivity index (χ0n) is 20.5. The number of carbonyl (C=O) groups excluding carboxylic acids is 2. The number of likely N-dealkylation sites (N-methyl/N-ethyl adjacent to an activating group) is 1. The van der Waals surface area contributed by atoms with Gasteiger partial charge in [-0.2, -0.15) is 0 Å². The lowest BCUT2D eigenvalue weighted by Crippen LogP contribution is -2.59. The Kier molecular flexibility index (Phi) is 10.0. The van der Waals surface area contributed by atoms with E-state index in [4.69, 9.17) is 15.2 Å². The second-order valence-electron chi connectivity index (χ2n) is 9.97. The minimum absolute atomic E-state index is 0.0550. The van der Waals surface area contributed by atoms with Gasteiger partial charge in [-0.1, -0.05) is 13.8 Å². The summed E-state index contributed by atoms with van der Waals surface area (Å²) in [7, 11) is 1.83. The van der Waals surface area contributed by atoms with Gasteiger partial charge in [-0.15, -0.1) is 0 Å². The molecule has 10 nitrogen and oxygen atoms in total. The number of hydrogen-bond acceptors (Lipinski definition) is 7. The van der Waals surface area contributed by atoms with Crippen LogP contribution in [0, 0.1) is 5.41 Å². The smallest absolute Gasteiger partial charge is 0.252 e. The fraction of sp³-hybridized carbons (Fsp3) is 0.818. The van der Waals surface area contributed by atoms with Crippen molar-refractivity contribution in [2.45, 2.75) is 77.7 Å². The predicted octanol–water partition coefficient (Wildman–Crippen LogP) is 1.35. The molecule has 0 bridgehead atoms. The number of hydrogen-bond donors (Lipinski definition) is 3. The third-order valence-electron chi connectivity index (χ3n) is 6.70. The van der Waals surface area contributed by atoms with Crippen molar-refractivity contribution >= 4 is 23.1 Å². The molecule has 2 unspecified atom stereocenters. The molecule has 2 heterocycles.